The molecule has 1 aliphatic heterocycles. The number of piperidine rings is 1. The van der Waals surface area contributed by atoms with Crippen LogP contribution in [0.5, 0.6) is 0 Å². The summed E-state index contributed by atoms with van der Waals surface area (Å²) in [6, 6.07) is 0. The van der Waals surface area contributed by atoms with E-state index < -0.39 is 0 Å². The minimum Gasteiger partial charge on any atom is -0.305 e. The van der Waals surface area contributed by atoms with Gasteiger partial charge < -0.3 is 4.90 Å². The molecule has 0 amide bonds. The van der Waals surface area contributed by atoms with Crippen molar-refractivity contribution in [3.63, 3.8) is 0 Å². The van der Waals surface area contributed by atoms with E-state index in [9.17, 15) is 4.39 Å². The second kappa shape index (κ2) is 5.11. The molecule has 1 atom stereocenters. The van der Waals surface area contributed by atoms with Gasteiger partial charge in [0.2, 0.25) is 0 Å². The third-order valence-electron chi connectivity index (χ3n) is 3.62. The lowest BCUT2D eigenvalue weighted by Crippen LogP contribution is -2.43. The van der Waals surface area contributed by atoms with Crippen molar-refractivity contribution >= 4 is 0 Å². The van der Waals surface area contributed by atoms with Gasteiger partial charge in [0, 0.05) is 18.5 Å². The number of likely N-dealkylation sites (tertiary alicyclic amines) is 1. The molecule has 15 heavy (non-hydrogen) atoms. The Bertz CT molecular complexity index is 231. The first-order valence-electron chi connectivity index (χ1n) is 6.02. The van der Waals surface area contributed by atoms with Crippen molar-refractivity contribution in [2.75, 3.05) is 20.1 Å². The average molecular weight is 213 g/mol. The zero-order valence-corrected chi connectivity index (χ0v) is 10.5. The molecule has 1 heterocycles. The smallest absolute Gasteiger partial charge is 0.0865 e. The highest BCUT2D eigenvalue weighted by atomic mass is 19.1. The monoisotopic (exact) mass is 213 g/mol. The molecule has 1 rings (SSSR count). The highest BCUT2D eigenvalue weighted by Crippen LogP contribution is 2.42. The second-order valence-electron chi connectivity index (χ2n) is 5.35. The Hall–Kier alpha value is -0.370. The van der Waals surface area contributed by atoms with E-state index in [0.717, 1.165) is 44.3 Å². The van der Waals surface area contributed by atoms with Crippen molar-refractivity contribution in [2.45, 2.75) is 40.0 Å². The standard InChI is InChI=1S/C13H24FN/c1-5-13(8-11(2)3)10-15(4)7-6-12(13)9-14/h9,11H,5-8,10H2,1-4H3/b12-9+/t13-/m1/s1. The predicted molar refractivity (Wildman–Crippen MR) is 63.5 cm³/mol. The van der Waals surface area contributed by atoms with Crippen LogP contribution in [0, 0.1) is 11.3 Å². The Balaban J connectivity index is 2.89. The van der Waals surface area contributed by atoms with Crippen LogP contribution in [0.15, 0.2) is 11.9 Å². The first-order valence-corrected chi connectivity index (χ1v) is 6.02. The van der Waals surface area contributed by atoms with Crippen molar-refractivity contribution in [3.8, 4) is 0 Å². The molecule has 0 N–H and O–H groups in total. The molecular weight excluding hydrogens is 189 g/mol. The van der Waals surface area contributed by atoms with E-state index in [0.29, 0.717) is 5.92 Å². The maximum Gasteiger partial charge on any atom is 0.0865 e. The first-order chi connectivity index (χ1) is 7.04. The van der Waals surface area contributed by atoms with Crippen LogP contribution >= 0.6 is 0 Å². The van der Waals surface area contributed by atoms with E-state index in [-0.39, 0.29) is 5.41 Å². The first kappa shape index (κ1) is 12.7. The Morgan fingerprint density at radius 1 is 1.53 bits per heavy atom. The summed E-state index contributed by atoms with van der Waals surface area (Å²) < 4.78 is 13.0. The number of hydrogen-bond donors (Lipinski definition) is 0. The summed E-state index contributed by atoms with van der Waals surface area (Å²) in [6.45, 7) is 8.64. The second-order valence-corrected chi connectivity index (χ2v) is 5.35. The summed E-state index contributed by atoms with van der Waals surface area (Å²) in [5, 5.41) is 0. The molecule has 0 spiro atoms. The summed E-state index contributed by atoms with van der Waals surface area (Å²) in [4.78, 5) is 2.33. The lowest BCUT2D eigenvalue weighted by atomic mass is 9.69. The summed E-state index contributed by atoms with van der Waals surface area (Å²) in [6.07, 6.45) is 3.92. The van der Waals surface area contributed by atoms with Crippen LogP contribution in [0.3, 0.4) is 0 Å². The molecule has 1 fully saturated rings. The number of hydrogen-bond acceptors (Lipinski definition) is 1. The van der Waals surface area contributed by atoms with Gasteiger partial charge in [-0.2, -0.15) is 0 Å². The van der Waals surface area contributed by atoms with Crippen LogP contribution in [-0.2, 0) is 0 Å². The van der Waals surface area contributed by atoms with E-state index in [1.54, 1.807) is 0 Å². The van der Waals surface area contributed by atoms with E-state index in [2.05, 4.69) is 32.7 Å². The van der Waals surface area contributed by atoms with Gasteiger partial charge in [-0.25, -0.2) is 4.39 Å². The Morgan fingerprint density at radius 3 is 2.67 bits per heavy atom. The highest BCUT2D eigenvalue weighted by Gasteiger charge is 2.37. The molecule has 0 aromatic carbocycles. The Morgan fingerprint density at radius 2 is 2.20 bits per heavy atom. The minimum atomic E-state index is 0.0932. The van der Waals surface area contributed by atoms with Crippen LogP contribution in [0.1, 0.15) is 40.0 Å². The summed E-state index contributed by atoms with van der Waals surface area (Å²) in [5.41, 5.74) is 1.13. The average Bonchev–Trinajstić information content (AvgIpc) is 2.17. The molecule has 0 unspecified atom stereocenters. The third-order valence-corrected chi connectivity index (χ3v) is 3.62. The summed E-state index contributed by atoms with van der Waals surface area (Å²) in [5.74, 6) is 0.631. The van der Waals surface area contributed by atoms with Gasteiger partial charge in [-0.05, 0) is 37.8 Å². The topological polar surface area (TPSA) is 3.24 Å². The molecule has 88 valence electrons. The Labute approximate surface area is 93.3 Å². The van der Waals surface area contributed by atoms with E-state index in [4.69, 9.17) is 0 Å². The van der Waals surface area contributed by atoms with E-state index >= 15 is 0 Å². The fourth-order valence-corrected chi connectivity index (χ4v) is 2.90. The van der Waals surface area contributed by atoms with E-state index in [1.807, 2.05) is 0 Å². The zero-order valence-electron chi connectivity index (χ0n) is 10.5. The Kier molecular flexibility index (Phi) is 4.32. The lowest BCUT2D eigenvalue weighted by Gasteiger charge is -2.44. The van der Waals surface area contributed by atoms with E-state index in [1.165, 1.54) is 0 Å². The van der Waals surface area contributed by atoms with Gasteiger partial charge in [0.1, 0.15) is 0 Å². The number of halogens is 1. The van der Waals surface area contributed by atoms with Gasteiger partial charge in [0.25, 0.3) is 0 Å². The van der Waals surface area contributed by atoms with Crippen LogP contribution in [0.4, 0.5) is 4.39 Å². The molecule has 1 saturated heterocycles. The largest absolute Gasteiger partial charge is 0.305 e. The van der Waals surface area contributed by atoms with Crippen molar-refractivity contribution in [1.29, 1.82) is 0 Å². The minimum absolute atomic E-state index is 0.0932. The van der Waals surface area contributed by atoms with Crippen LogP contribution in [0.25, 0.3) is 0 Å². The van der Waals surface area contributed by atoms with Gasteiger partial charge in [-0.15, -0.1) is 0 Å². The van der Waals surface area contributed by atoms with Crippen LogP contribution in [0.2, 0.25) is 0 Å². The molecule has 1 aliphatic rings. The number of rotatable bonds is 3. The van der Waals surface area contributed by atoms with Gasteiger partial charge in [-0.3, -0.25) is 0 Å². The molecular formula is C13H24FN. The quantitative estimate of drug-likeness (QED) is 0.692. The van der Waals surface area contributed by atoms with Crippen molar-refractivity contribution in [2.24, 2.45) is 11.3 Å². The third kappa shape index (κ3) is 2.81. The van der Waals surface area contributed by atoms with Gasteiger partial charge >= 0.3 is 0 Å². The van der Waals surface area contributed by atoms with Crippen molar-refractivity contribution < 1.29 is 4.39 Å². The molecule has 2 heteroatoms. The van der Waals surface area contributed by atoms with Gasteiger partial charge in [0.15, 0.2) is 0 Å². The molecule has 1 nitrogen and oxygen atoms in total. The maximum atomic E-state index is 13.0. The normalized spacial score (nSPS) is 31.5. The predicted octanol–water partition coefficient (Wildman–Crippen LogP) is 3.62. The fraction of sp³-hybridized carbons (Fsp3) is 0.846. The van der Waals surface area contributed by atoms with Crippen molar-refractivity contribution in [3.05, 3.63) is 11.9 Å². The molecule has 0 radical (unpaired) electrons. The summed E-state index contributed by atoms with van der Waals surface area (Å²) >= 11 is 0. The van der Waals surface area contributed by atoms with Gasteiger partial charge in [0.05, 0.1) is 6.33 Å². The van der Waals surface area contributed by atoms with Crippen LogP contribution < -0.4 is 0 Å². The lowest BCUT2D eigenvalue weighted by molar-refractivity contribution is 0.135. The highest BCUT2D eigenvalue weighted by molar-refractivity contribution is 5.16. The molecule has 0 saturated carbocycles. The molecule has 0 aromatic heterocycles. The van der Waals surface area contributed by atoms with Crippen molar-refractivity contribution in [1.82, 2.24) is 4.90 Å². The SMILES string of the molecule is CC[C@@]1(CC(C)C)CN(C)CC/C1=C\F. The maximum absolute atomic E-state index is 13.0. The number of nitrogens with zero attached hydrogens (tertiary/aromatic N) is 1. The zero-order chi connectivity index (χ0) is 11.5. The molecule has 0 bridgehead atoms. The molecule has 0 aliphatic carbocycles. The van der Waals surface area contributed by atoms with Gasteiger partial charge in [-0.1, -0.05) is 20.8 Å². The van der Waals surface area contributed by atoms with Crippen LogP contribution in [-0.4, -0.2) is 25.0 Å². The fourth-order valence-electron chi connectivity index (χ4n) is 2.90. The summed E-state index contributed by atoms with van der Waals surface area (Å²) in [7, 11) is 2.14. The molecule has 0 aromatic rings.